The van der Waals surface area contributed by atoms with Crippen LogP contribution in [-0.4, -0.2) is 41.0 Å². The minimum absolute atomic E-state index is 0.280. The predicted octanol–water partition coefficient (Wildman–Crippen LogP) is 4.43. The molecule has 4 nitrogen and oxygen atoms in total. The van der Waals surface area contributed by atoms with Gasteiger partial charge in [0, 0.05) is 37.9 Å². The maximum Gasteiger partial charge on any atom is 0.200 e. The van der Waals surface area contributed by atoms with Gasteiger partial charge in [-0.05, 0) is 24.6 Å². The maximum atomic E-state index is 6.68. The fourth-order valence-electron chi connectivity index (χ4n) is 4.81. The van der Waals surface area contributed by atoms with E-state index in [0.717, 1.165) is 38.1 Å². The van der Waals surface area contributed by atoms with E-state index in [1.165, 1.54) is 29.8 Å². The lowest BCUT2D eigenvalue weighted by molar-refractivity contribution is -0.149. The Morgan fingerprint density at radius 3 is 2.56 bits per heavy atom. The average Bonchev–Trinajstić information content (AvgIpc) is 3.18. The monoisotopic (exact) mass is 361 g/mol. The number of hydrogen-bond acceptors (Lipinski definition) is 4. The van der Waals surface area contributed by atoms with Gasteiger partial charge in [-0.3, -0.25) is 0 Å². The van der Waals surface area contributed by atoms with E-state index >= 15 is 0 Å². The largest absolute Gasteiger partial charge is 0.466 e. The second-order valence-electron chi connectivity index (χ2n) is 7.90. The van der Waals surface area contributed by atoms with Gasteiger partial charge in [0.25, 0.3) is 0 Å². The first-order valence-electron chi connectivity index (χ1n) is 10.2. The number of para-hydroxylation sites is 1. The molecular formula is C23H27N3O. The van der Waals surface area contributed by atoms with Crippen LogP contribution in [0.1, 0.15) is 49.8 Å². The van der Waals surface area contributed by atoms with E-state index in [0.29, 0.717) is 0 Å². The second-order valence-corrected chi connectivity index (χ2v) is 7.90. The van der Waals surface area contributed by atoms with E-state index in [-0.39, 0.29) is 11.8 Å². The molecule has 1 fully saturated rings. The van der Waals surface area contributed by atoms with Crippen molar-refractivity contribution in [2.75, 3.05) is 19.6 Å². The van der Waals surface area contributed by atoms with Crippen LogP contribution in [-0.2, 0) is 0 Å². The molecule has 0 radical (unpaired) electrons. The molecular weight excluding hydrogens is 334 g/mol. The molecule has 0 aliphatic carbocycles. The fraction of sp³-hybridized carbons (Fsp3) is 0.435. The molecule has 3 heterocycles. The van der Waals surface area contributed by atoms with Gasteiger partial charge in [0.05, 0.1) is 11.8 Å². The molecule has 3 aliphatic rings. The molecule has 0 N–H and O–H groups in total. The quantitative estimate of drug-likeness (QED) is 0.809. The third kappa shape index (κ3) is 2.83. The molecule has 1 spiro atoms. The average molecular weight is 361 g/mol. The summed E-state index contributed by atoms with van der Waals surface area (Å²) in [5.74, 6) is 1.05. The zero-order valence-electron chi connectivity index (χ0n) is 16.0. The van der Waals surface area contributed by atoms with Crippen LogP contribution in [0.4, 0.5) is 0 Å². The lowest BCUT2D eigenvalue weighted by Gasteiger charge is -2.51. The lowest BCUT2D eigenvalue weighted by Crippen LogP contribution is -2.59. The maximum absolute atomic E-state index is 6.68. The topological polar surface area (TPSA) is 28.1 Å². The predicted molar refractivity (Wildman–Crippen MR) is 108 cm³/mol. The summed E-state index contributed by atoms with van der Waals surface area (Å²) in [5.41, 5.74) is 3.37. The van der Waals surface area contributed by atoms with Crippen molar-refractivity contribution in [2.24, 2.45) is 5.10 Å². The molecule has 0 saturated carbocycles. The Labute approximate surface area is 161 Å². The van der Waals surface area contributed by atoms with Gasteiger partial charge in [-0.1, -0.05) is 55.5 Å². The van der Waals surface area contributed by atoms with E-state index in [1.54, 1.807) is 0 Å². The van der Waals surface area contributed by atoms with Gasteiger partial charge in [0.15, 0.2) is 0 Å². The van der Waals surface area contributed by atoms with E-state index in [1.807, 2.05) is 0 Å². The highest BCUT2D eigenvalue weighted by Gasteiger charge is 2.51. The Bertz CT molecular complexity index is 840. The summed E-state index contributed by atoms with van der Waals surface area (Å²) in [6, 6.07) is 19.4. The summed E-state index contributed by atoms with van der Waals surface area (Å²) in [4.78, 5) is 2.56. The van der Waals surface area contributed by atoms with Crippen molar-refractivity contribution in [3.8, 4) is 5.75 Å². The van der Waals surface area contributed by atoms with Crippen LogP contribution in [0.3, 0.4) is 0 Å². The van der Waals surface area contributed by atoms with E-state index in [4.69, 9.17) is 9.84 Å². The van der Waals surface area contributed by atoms with Gasteiger partial charge in [-0.2, -0.15) is 5.10 Å². The molecule has 0 bridgehead atoms. The Kier molecular flexibility index (Phi) is 4.16. The van der Waals surface area contributed by atoms with Gasteiger partial charge in [-0.25, -0.2) is 5.01 Å². The number of ether oxygens (including phenoxy) is 1. The summed E-state index contributed by atoms with van der Waals surface area (Å²) < 4.78 is 6.68. The lowest BCUT2D eigenvalue weighted by atomic mass is 9.90. The van der Waals surface area contributed by atoms with Gasteiger partial charge in [-0.15, -0.1) is 0 Å². The van der Waals surface area contributed by atoms with Crippen molar-refractivity contribution >= 4 is 5.71 Å². The van der Waals surface area contributed by atoms with Gasteiger partial charge >= 0.3 is 0 Å². The molecule has 140 valence electrons. The third-order valence-electron chi connectivity index (χ3n) is 6.19. The first kappa shape index (κ1) is 16.8. The number of rotatable bonds is 3. The third-order valence-corrected chi connectivity index (χ3v) is 6.19. The first-order valence-corrected chi connectivity index (χ1v) is 10.2. The van der Waals surface area contributed by atoms with E-state index in [9.17, 15) is 0 Å². The van der Waals surface area contributed by atoms with Crippen LogP contribution in [0.5, 0.6) is 5.75 Å². The zero-order chi connectivity index (χ0) is 18.3. The number of hydrazone groups is 1. The summed E-state index contributed by atoms with van der Waals surface area (Å²) >= 11 is 0. The summed E-state index contributed by atoms with van der Waals surface area (Å²) in [6.45, 7) is 5.59. The second kappa shape index (κ2) is 6.68. The zero-order valence-corrected chi connectivity index (χ0v) is 16.0. The summed E-state index contributed by atoms with van der Waals surface area (Å²) in [5, 5.41) is 7.44. The Morgan fingerprint density at radius 1 is 1.04 bits per heavy atom. The first-order chi connectivity index (χ1) is 13.3. The van der Waals surface area contributed by atoms with Gasteiger partial charge in [0.1, 0.15) is 5.75 Å². The van der Waals surface area contributed by atoms with Crippen molar-refractivity contribution < 1.29 is 4.74 Å². The Balaban J connectivity index is 1.51. The highest BCUT2D eigenvalue weighted by Crippen LogP contribution is 2.49. The number of nitrogens with zero attached hydrogens (tertiary/aromatic N) is 3. The molecule has 27 heavy (non-hydrogen) atoms. The number of fused-ring (bicyclic) bond motifs is 4. The smallest absolute Gasteiger partial charge is 0.200 e. The molecule has 4 heteroatoms. The van der Waals surface area contributed by atoms with Crippen LogP contribution < -0.4 is 4.74 Å². The van der Waals surface area contributed by atoms with Crippen molar-refractivity contribution in [2.45, 2.75) is 44.4 Å². The van der Waals surface area contributed by atoms with Crippen LogP contribution >= 0.6 is 0 Å². The molecule has 2 aromatic rings. The molecule has 0 amide bonds. The van der Waals surface area contributed by atoms with Gasteiger partial charge < -0.3 is 9.64 Å². The highest BCUT2D eigenvalue weighted by atomic mass is 16.5. The molecule has 1 saturated heterocycles. The van der Waals surface area contributed by atoms with E-state index < -0.39 is 0 Å². The SMILES string of the molecule is CCCN1CCC2(CC1)Oc1ccccc1C1CC(c3ccccc3)=NN12. The van der Waals surface area contributed by atoms with Crippen LogP contribution in [0.2, 0.25) is 0 Å². The number of benzene rings is 2. The van der Waals surface area contributed by atoms with Crippen molar-refractivity contribution in [1.82, 2.24) is 9.91 Å². The number of likely N-dealkylation sites (tertiary alicyclic amines) is 1. The minimum Gasteiger partial charge on any atom is -0.466 e. The van der Waals surface area contributed by atoms with Crippen molar-refractivity contribution in [3.63, 3.8) is 0 Å². The van der Waals surface area contributed by atoms with E-state index in [2.05, 4.69) is 71.4 Å². The molecule has 5 rings (SSSR count). The molecule has 1 unspecified atom stereocenters. The molecule has 0 aromatic heterocycles. The van der Waals surface area contributed by atoms with Crippen LogP contribution in [0, 0.1) is 0 Å². The van der Waals surface area contributed by atoms with Gasteiger partial charge in [0.2, 0.25) is 5.72 Å². The number of piperidine rings is 1. The summed E-state index contributed by atoms with van der Waals surface area (Å²) in [7, 11) is 0. The highest BCUT2D eigenvalue weighted by molar-refractivity contribution is 6.01. The molecule has 2 aromatic carbocycles. The Hall–Kier alpha value is -2.33. The van der Waals surface area contributed by atoms with Crippen LogP contribution in [0.25, 0.3) is 0 Å². The molecule has 3 aliphatic heterocycles. The Morgan fingerprint density at radius 2 is 1.78 bits per heavy atom. The van der Waals surface area contributed by atoms with Crippen molar-refractivity contribution in [1.29, 1.82) is 0 Å². The van der Waals surface area contributed by atoms with Crippen LogP contribution in [0.15, 0.2) is 59.7 Å². The fourth-order valence-corrected chi connectivity index (χ4v) is 4.81. The summed E-state index contributed by atoms with van der Waals surface area (Å²) in [6.07, 6.45) is 4.16. The number of hydrogen-bond donors (Lipinski definition) is 0. The van der Waals surface area contributed by atoms with Crippen molar-refractivity contribution in [3.05, 3.63) is 65.7 Å². The normalized spacial score (nSPS) is 23.5. The standard InChI is InChI=1S/C23H27N3O/c1-2-14-25-15-12-23(13-16-25)26-21(19-10-6-7-11-22(19)27-23)17-20(24-26)18-8-4-3-5-9-18/h3-11,21H,2,12-17H2,1H3. The molecule has 1 atom stereocenters. The minimum atomic E-state index is -0.306.